The highest BCUT2D eigenvalue weighted by molar-refractivity contribution is 5.86. The molecule has 0 saturated heterocycles. The number of H-pyrrole nitrogens is 1. The van der Waals surface area contributed by atoms with Gasteiger partial charge in [0.2, 0.25) is 0 Å². The van der Waals surface area contributed by atoms with Crippen molar-refractivity contribution in [1.82, 2.24) is 19.9 Å². The lowest BCUT2D eigenvalue weighted by atomic mass is 9.99. The van der Waals surface area contributed by atoms with Crippen LogP contribution in [0.3, 0.4) is 0 Å². The van der Waals surface area contributed by atoms with Crippen LogP contribution in [0.25, 0.3) is 34.2 Å². The Hall–Kier alpha value is -3.24. The van der Waals surface area contributed by atoms with Crippen LogP contribution >= 0.6 is 0 Å². The molecule has 5 rings (SSSR count). The van der Waals surface area contributed by atoms with E-state index in [0.29, 0.717) is 30.3 Å². The maximum atomic E-state index is 9.62. The number of aromatic amines is 1. The number of aromatic nitrogens is 4. The molecule has 0 unspecified atom stereocenters. The first-order valence-corrected chi connectivity index (χ1v) is 7.22. The fourth-order valence-corrected chi connectivity index (χ4v) is 2.69. The number of nitrogens with two attached hydrogens (primary N) is 1. The molecule has 0 spiro atoms. The number of fused-ring (bicyclic) bond motifs is 2. The average molecular weight is 303 g/mol. The Balaban J connectivity index is 1.91. The SMILES string of the molecule is N#Cc1c(NCCN)cccc1-c1nc2ncc1-c1cnc-2[nH]1. The van der Waals surface area contributed by atoms with Gasteiger partial charge in [0.25, 0.3) is 0 Å². The van der Waals surface area contributed by atoms with Gasteiger partial charge in [0.1, 0.15) is 6.07 Å². The number of nitrogens with one attached hydrogen (secondary N) is 2. The highest BCUT2D eigenvalue weighted by Crippen LogP contribution is 2.37. The van der Waals surface area contributed by atoms with Gasteiger partial charge in [0, 0.05) is 30.4 Å². The standard InChI is InChI=1S/C16H13N7/c17-4-5-19-12-3-1-2-9(10(12)6-18)14-11-7-20-16(23-14)15-21-8-13(11)22-15/h1-3,7-8,19H,4-5,17H2,(H,21,22). The van der Waals surface area contributed by atoms with Gasteiger partial charge in [0.05, 0.1) is 28.8 Å². The minimum atomic E-state index is 0.495. The zero-order chi connectivity index (χ0) is 15.8. The smallest absolute Gasteiger partial charge is 0.196 e. The number of anilines is 1. The summed E-state index contributed by atoms with van der Waals surface area (Å²) in [7, 11) is 0. The van der Waals surface area contributed by atoms with E-state index in [4.69, 9.17) is 5.73 Å². The number of benzene rings is 1. The molecule has 0 radical (unpaired) electrons. The van der Waals surface area contributed by atoms with Crippen molar-refractivity contribution in [2.75, 3.05) is 18.4 Å². The van der Waals surface area contributed by atoms with Crippen LogP contribution in [0.1, 0.15) is 5.56 Å². The molecule has 1 aromatic carbocycles. The number of nitriles is 1. The summed E-state index contributed by atoms with van der Waals surface area (Å²) in [6.07, 6.45) is 3.52. The second-order valence-corrected chi connectivity index (χ2v) is 5.16. The number of nitrogens with zero attached hydrogens (tertiary/aromatic N) is 4. The third-order valence-corrected chi connectivity index (χ3v) is 3.76. The van der Waals surface area contributed by atoms with Crippen molar-refractivity contribution >= 4 is 5.69 Å². The van der Waals surface area contributed by atoms with Crippen molar-refractivity contribution in [2.24, 2.45) is 5.73 Å². The van der Waals surface area contributed by atoms with E-state index in [1.54, 1.807) is 12.4 Å². The van der Waals surface area contributed by atoms with Gasteiger partial charge in [-0.3, -0.25) is 0 Å². The first-order chi connectivity index (χ1) is 11.3. The summed E-state index contributed by atoms with van der Waals surface area (Å²) in [6.45, 7) is 1.10. The molecule has 0 amide bonds. The molecule has 4 heterocycles. The zero-order valence-electron chi connectivity index (χ0n) is 12.2. The van der Waals surface area contributed by atoms with Crippen molar-refractivity contribution in [3.05, 3.63) is 36.2 Å². The van der Waals surface area contributed by atoms with Crippen LogP contribution < -0.4 is 11.1 Å². The van der Waals surface area contributed by atoms with E-state index in [1.165, 1.54) is 0 Å². The van der Waals surface area contributed by atoms with Gasteiger partial charge in [0.15, 0.2) is 11.6 Å². The molecule has 2 aliphatic heterocycles. The van der Waals surface area contributed by atoms with E-state index in [2.05, 4.69) is 31.3 Å². The van der Waals surface area contributed by atoms with Crippen LogP contribution in [0, 0.1) is 11.3 Å². The predicted molar refractivity (Wildman–Crippen MR) is 86.3 cm³/mol. The van der Waals surface area contributed by atoms with E-state index in [1.807, 2.05) is 18.2 Å². The van der Waals surface area contributed by atoms with E-state index >= 15 is 0 Å². The first-order valence-electron chi connectivity index (χ1n) is 7.22. The van der Waals surface area contributed by atoms with Gasteiger partial charge in [-0.2, -0.15) is 5.26 Å². The Labute approximate surface area is 132 Å². The highest BCUT2D eigenvalue weighted by Gasteiger charge is 2.22. The second kappa shape index (κ2) is 5.19. The number of rotatable bonds is 4. The molecule has 0 fully saturated rings. The molecule has 0 aliphatic carbocycles. The van der Waals surface area contributed by atoms with Gasteiger partial charge in [-0.15, -0.1) is 0 Å². The zero-order valence-corrected chi connectivity index (χ0v) is 12.2. The molecule has 0 saturated carbocycles. The molecule has 3 aromatic rings. The third kappa shape index (κ3) is 2.05. The molecule has 4 N–H and O–H groups in total. The van der Waals surface area contributed by atoms with E-state index in [-0.39, 0.29) is 0 Å². The van der Waals surface area contributed by atoms with Crippen LogP contribution in [-0.4, -0.2) is 33.0 Å². The van der Waals surface area contributed by atoms with E-state index < -0.39 is 0 Å². The average Bonchev–Trinajstić information content (AvgIpc) is 2.95. The van der Waals surface area contributed by atoms with Gasteiger partial charge < -0.3 is 16.0 Å². The van der Waals surface area contributed by atoms with Crippen molar-refractivity contribution < 1.29 is 0 Å². The van der Waals surface area contributed by atoms with Crippen molar-refractivity contribution in [3.63, 3.8) is 0 Å². The molecule has 0 atom stereocenters. The monoisotopic (exact) mass is 303 g/mol. The Kier molecular flexibility index (Phi) is 3.03. The van der Waals surface area contributed by atoms with Gasteiger partial charge in [-0.25, -0.2) is 15.0 Å². The largest absolute Gasteiger partial charge is 0.383 e. The number of hydrogen-bond donors (Lipinski definition) is 3. The molecule has 2 aliphatic rings. The predicted octanol–water partition coefficient (Wildman–Crippen LogP) is 1.76. The Morgan fingerprint density at radius 1 is 1.22 bits per heavy atom. The number of imidazole rings is 1. The molecular weight excluding hydrogens is 290 g/mol. The quantitative estimate of drug-likeness (QED) is 0.529. The lowest BCUT2D eigenvalue weighted by Gasteiger charge is -2.12. The molecule has 7 heteroatoms. The van der Waals surface area contributed by atoms with Crippen LogP contribution in [0.5, 0.6) is 0 Å². The van der Waals surface area contributed by atoms with Crippen LogP contribution in [0.4, 0.5) is 5.69 Å². The molecule has 2 aromatic heterocycles. The summed E-state index contributed by atoms with van der Waals surface area (Å²) in [5.74, 6) is 1.16. The Bertz CT molecular complexity index is 936. The minimum absolute atomic E-state index is 0.495. The molecule has 7 nitrogen and oxygen atoms in total. The molecule has 112 valence electrons. The Morgan fingerprint density at radius 3 is 2.96 bits per heavy atom. The third-order valence-electron chi connectivity index (χ3n) is 3.76. The lowest BCUT2D eigenvalue weighted by Crippen LogP contribution is -2.14. The van der Waals surface area contributed by atoms with Crippen LogP contribution in [0.15, 0.2) is 30.6 Å². The van der Waals surface area contributed by atoms with Gasteiger partial charge in [-0.1, -0.05) is 12.1 Å². The summed E-state index contributed by atoms with van der Waals surface area (Å²) in [5.41, 5.74) is 10.0. The van der Waals surface area contributed by atoms with Crippen LogP contribution in [0.2, 0.25) is 0 Å². The summed E-state index contributed by atoms with van der Waals surface area (Å²) in [5, 5.41) is 12.8. The van der Waals surface area contributed by atoms with Crippen molar-refractivity contribution in [3.8, 4) is 40.2 Å². The normalized spacial score (nSPS) is 11.1. The highest BCUT2D eigenvalue weighted by atomic mass is 15.0. The van der Waals surface area contributed by atoms with Crippen LogP contribution in [-0.2, 0) is 0 Å². The minimum Gasteiger partial charge on any atom is -0.383 e. The second-order valence-electron chi connectivity index (χ2n) is 5.16. The van der Waals surface area contributed by atoms with E-state index in [0.717, 1.165) is 28.2 Å². The van der Waals surface area contributed by atoms with Gasteiger partial charge in [-0.05, 0) is 6.07 Å². The van der Waals surface area contributed by atoms with Gasteiger partial charge >= 0.3 is 0 Å². The van der Waals surface area contributed by atoms with Crippen molar-refractivity contribution in [2.45, 2.75) is 0 Å². The number of hydrogen-bond acceptors (Lipinski definition) is 6. The first kappa shape index (κ1) is 13.4. The topological polar surface area (TPSA) is 116 Å². The summed E-state index contributed by atoms with van der Waals surface area (Å²) < 4.78 is 0. The summed E-state index contributed by atoms with van der Waals surface area (Å²) in [4.78, 5) is 16.3. The fraction of sp³-hybridized carbons (Fsp3) is 0.125. The summed E-state index contributed by atoms with van der Waals surface area (Å²) >= 11 is 0. The summed E-state index contributed by atoms with van der Waals surface area (Å²) in [6, 6.07) is 7.93. The maximum Gasteiger partial charge on any atom is 0.196 e. The Morgan fingerprint density at radius 2 is 2.13 bits per heavy atom. The fourth-order valence-electron chi connectivity index (χ4n) is 2.69. The molecular formula is C16H13N7. The lowest BCUT2D eigenvalue weighted by molar-refractivity contribution is 1.02. The molecule has 4 bridgehead atoms. The van der Waals surface area contributed by atoms with Crippen molar-refractivity contribution in [1.29, 1.82) is 5.26 Å². The maximum absolute atomic E-state index is 9.62. The van der Waals surface area contributed by atoms with E-state index in [9.17, 15) is 5.26 Å². The molecule has 23 heavy (non-hydrogen) atoms.